The minimum absolute atomic E-state index is 0.197. The molecule has 0 aliphatic rings. The van der Waals surface area contributed by atoms with E-state index in [-0.39, 0.29) is 5.97 Å². The van der Waals surface area contributed by atoms with E-state index in [0.717, 1.165) is 18.4 Å². The van der Waals surface area contributed by atoms with Crippen molar-refractivity contribution < 1.29 is 14.6 Å². The van der Waals surface area contributed by atoms with E-state index >= 15 is 0 Å². The van der Waals surface area contributed by atoms with Gasteiger partial charge in [-0.2, -0.15) is 0 Å². The summed E-state index contributed by atoms with van der Waals surface area (Å²) in [6.07, 6.45) is 29.5. The van der Waals surface area contributed by atoms with E-state index < -0.39 is 0 Å². The molecule has 0 amide bonds. The number of esters is 1. The average Bonchev–Trinajstić information content (AvgIpc) is 2.73. The molecule has 0 aliphatic carbocycles. The van der Waals surface area contributed by atoms with Crippen LogP contribution >= 0.6 is 0 Å². The molecule has 0 bridgehead atoms. The first-order valence-electron chi connectivity index (χ1n) is 13.6. The summed E-state index contributed by atoms with van der Waals surface area (Å²) in [5.41, 5.74) is 0.994. The van der Waals surface area contributed by atoms with Crippen molar-refractivity contribution in [2.24, 2.45) is 0 Å². The van der Waals surface area contributed by atoms with Gasteiger partial charge in [0.25, 0.3) is 0 Å². The fourth-order valence-electron chi connectivity index (χ4n) is 4.02. The van der Waals surface area contributed by atoms with E-state index in [1.54, 1.807) is 6.08 Å². The van der Waals surface area contributed by atoms with Gasteiger partial charge in [-0.15, -0.1) is 0 Å². The Morgan fingerprint density at radius 3 is 1.13 bits per heavy atom. The van der Waals surface area contributed by atoms with Crippen molar-refractivity contribution >= 4 is 5.97 Å². The Morgan fingerprint density at radius 2 is 0.839 bits per heavy atom. The quantitative estimate of drug-likeness (QED) is 0.0931. The van der Waals surface area contributed by atoms with E-state index in [0.29, 0.717) is 13.2 Å². The Balaban J connectivity index is 3.08. The van der Waals surface area contributed by atoms with Crippen LogP contribution in [-0.2, 0) is 9.53 Å². The number of carbonyl (C=O) groups is 1. The summed E-state index contributed by atoms with van der Waals surface area (Å²) in [6.45, 7) is 4.75. The van der Waals surface area contributed by atoms with Gasteiger partial charge in [0, 0.05) is 12.7 Å². The Kier molecular flexibility index (Phi) is 24.7. The Morgan fingerprint density at radius 1 is 0.548 bits per heavy atom. The van der Waals surface area contributed by atoms with Gasteiger partial charge >= 0.3 is 5.97 Å². The number of ether oxygens (including phenoxy) is 1. The lowest BCUT2D eigenvalue weighted by Gasteiger charge is -2.04. The molecule has 0 rings (SSSR count). The standard InChI is InChI=1S/C28H54O3/c1-27(2)26-28(30)31-25-23-21-19-17-15-13-11-9-7-5-3-4-6-8-10-12-14-16-18-20-22-24-29/h26,29H,3-25H2,1-2H3. The van der Waals surface area contributed by atoms with Gasteiger partial charge in [-0.1, -0.05) is 128 Å². The summed E-state index contributed by atoms with van der Waals surface area (Å²) < 4.78 is 5.17. The highest BCUT2D eigenvalue weighted by molar-refractivity contribution is 5.82. The second kappa shape index (κ2) is 25.4. The lowest BCUT2D eigenvalue weighted by atomic mass is 10.0. The van der Waals surface area contributed by atoms with Gasteiger partial charge in [0.15, 0.2) is 0 Å². The number of allylic oxidation sites excluding steroid dienone is 1. The lowest BCUT2D eigenvalue weighted by Crippen LogP contribution is -2.02. The number of unbranched alkanes of at least 4 members (excludes halogenated alkanes) is 20. The third-order valence-corrected chi connectivity index (χ3v) is 5.95. The topological polar surface area (TPSA) is 46.5 Å². The normalized spacial score (nSPS) is 10.9. The Hall–Kier alpha value is -0.830. The monoisotopic (exact) mass is 438 g/mol. The van der Waals surface area contributed by atoms with Crippen LogP contribution in [0.2, 0.25) is 0 Å². The Labute approximate surface area is 194 Å². The molecule has 0 unspecified atom stereocenters. The van der Waals surface area contributed by atoms with Crippen molar-refractivity contribution in [2.45, 2.75) is 149 Å². The number of hydrogen-bond acceptors (Lipinski definition) is 3. The van der Waals surface area contributed by atoms with Crippen LogP contribution in [0.3, 0.4) is 0 Å². The van der Waals surface area contributed by atoms with E-state index in [1.165, 1.54) is 122 Å². The van der Waals surface area contributed by atoms with Crippen molar-refractivity contribution in [3.63, 3.8) is 0 Å². The molecular weight excluding hydrogens is 384 g/mol. The molecular formula is C28H54O3. The van der Waals surface area contributed by atoms with Crippen molar-refractivity contribution in [3.8, 4) is 0 Å². The smallest absolute Gasteiger partial charge is 0.330 e. The molecule has 0 heterocycles. The third-order valence-electron chi connectivity index (χ3n) is 5.95. The molecule has 0 radical (unpaired) electrons. The molecule has 0 fully saturated rings. The first-order chi connectivity index (χ1) is 15.2. The predicted molar refractivity (Wildman–Crippen MR) is 134 cm³/mol. The summed E-state index contributed by atoms with van der Waals surface area (Å²) >= 11 is 0. The summed E-state index contributed by atoms with van der Waals surface area (Å²) in [5.74, 6) is -0.197. The second-order valence-electron chi connectivity index (χ2n) is 9.54. The van der Waals surface area contributed by atoms with E-state index in [4.69, 9.17) is 9.84 Å². The lowest BCUT2D eigenvalue weighted by molar-refractivity contribution is -0.137. The largest absolute Gasteiger partial charge is 0.463 e. The average molecular weight is 439 g/mol. The van der Waals surface area contributed by atoms with Gasteiger partial charge in [-0.05, 0) is 26.7 Å². The maximum atomic E-state index is 11.4. The summed E-state index contributed by atoms with van der Waals surface area (Å²) in [6, 6.07) is 0. The van der Waals surface area contributed by atoms with Crippen LogP contribution in [0.5, 0.6) is 0 Å². The highest BCUT2D eigenvalue weighted by Crippen LogP contribution is 2.15. The molecule has 0 saturated heterocycles. The molecule has 0 saturated carbocycles. The minimum Gasteiger partial charge on any atom is -0.463 e. The molecule has 0 aliphatic heterocycles. The summed E-state index contributed by atoms with van der Waals surface area (Å²) in [7, 11) is 0. The summed E-state index contributed by atoms with van der Waals surface area (Å²) in [5, 5.41) is 8.75. The summed E-state index contributed by atoms with van der Waals surface area (Å²) in [4.78, 5) is 11.4. The van der Waals surface area contributed by atoms with Crippen molar-refractivity contribution in [1.82, 2.24) is 0 Å². The van der Waals surface area contributed by atoms with Crippen LogP contribution in [0, 0.1) is 0 Å². The number of hydrogen-bond donors (Lipinski definition) is 1. The number of carbonyl (C=O) groups excluding carboxylic acids is 1. The number of rotatable bonds is 24. The van der Waals surface area contributed by atoms with Gasteiger partial charge in [-0.3, -0.25) is 0 Å². The van der Waals surface area contributed by atoms with E-state index in [2.05, 4.69) is 0 Å². The van der Waals surface area contributed by atoms with Crippen LogP contribution in [0.25, 0.3) is 0 Å². The molecule has 3 heteroatoms. The fraction of sp³-hybridized carbons (Fsp3) is 0.893. The van der Waals surface area contributed by atoms with Crippen LogP contribution in [-0.4, -0.2) is 24.3 Å². The minimum atomic E-state index is -0.197. The highest BCUT2D eigenvalue weighted by atomic mass is 16.5. The molecule has 0 aromatic carbocycles. The molecule has 184 valence electrons. The molecule has 0 aromatic heterocycles. The molecule has 3 nitrogen and oxygen atoms in total. The van der Waals surface area contributed by atoms with Gasteiger partial charge in [0.05, 0.1) is 6.61 Å². The van der Waals surface area contributed by atoms with Crippen LogP contribution in [0.4, 0.5) is 0 Å². The van der Waals surface area contributed by atoms with Crippen LogP contribution < -0.4 is 0 Å². The highest BCUT2D eigenvalue weighted by Gasteiger charge is 1.98. The van der Waals surface area contributed by atoms with Crippen LogP contribution in [0.15, 0.2) is 11.6 Å². The molecule has 31 heavy (non-hydrogen) atoms. The fourth-order valence-corrected chi connectivity index (χ4v) is 4.02. The first kappa shape index (κ1) is 30.2. The third kappa shape index (κ3) is 27.1. The van der Waals surface area contributed by atoms with Crippen molar-refractivity contribution in [1.29, 1.82) is 0 Å². The van der Waals surface area contributed by atoms with Gasteiger partial charge in [0.2, 0.25) is 0 Å². The van der Waals surface area contributed by atoms with Crippen LogP contribution in [0.1, 0.15) is 149 Å². The zero-order chi connectivity index (χ0) is 22.8. The SMILES string of the molecule is CC(C)=CC(=O)OCCCCCCCCCCCCCCCCCCCCCCCO. The van der Waals surface area contributed by atoms with Crippen molar-refractivity contribution in [2.75, 3.05) is 13.2 Å². The molecule has 0 spiro atoms. The van der Waals surface area contributed by atoms with Gasteiger partial charge in [-0.25, -0.2) is 4.79 Å². The number of aliphatic hydroxyl groups is 1. The zero-order valence-electron chi connectivity index (χ0n) is 21.1. The Bertz CT molecular complexity index is 399. The number of aliphatic hydroxyl groups excluding tert-OH is 1. The molecule has 1 N–H and O–H groups in total. The molecule has 0 atom stereocenters. The van der Waals surface area contributed by atoms with E-state index in [1.807, 2.05) is 13.8 Å². The maximum absolute atomic E-state index is 11.4. The maximum Gasteiger partial charge on any atom is 0.330 e. The van der Waals surface area contributed by atoms with Gasteiger partial charge in [0.1, 0.15) is 0 Å². The zero-order valence-corrected chi connectivity index (χ0v) is 21.1. The first-order valence-corrected chi connectivity index (χ1v) is 13.6. The second-order valence-corrected chi connectivity index (χ2v) is 9.54. The predicted octanol–water partition coefficient (Wildman–Crippen LogP) is 8.68. The molecule has 0 aromatic rings. The van der Waals surface area contributed by atoms with Crippen molar-refractivity contribution in [3.05, 3.63) is 11.6 Å². The van der Waals surface area contributed by atoms with E-state index in [9.17, 15) is 4.79 Å². The van der Waals surface area contributed by atoms with Gasteiger partial charge < -0.3 is 9.84 Å².